The Morgan fingerprint density at radius 1 is 1.00 bits per heavy atom. The fraction of sp³-hybridized carbons (Fsp3) is 0.100. The van der Waals surface area contributed by atoms with Crippen LogP contribution in [0.1, 0.15) is 12.2 Å². The second-order valence-electron chi connectivity index (χ2n) is 5.91. The minimum absolute atomic E-state index is 0.132. The van der Waals surface area contributed by atoms with Gasteiger partial charge in [-0.1, -0.05) is 30.3 Å². The third-order valence-electron chi connectivity index (χ3n) is 4.02. The van der Waals surface area contributed by atoms with Gasteiger partial charge in [-0.2, -0.15) is 0 Å². The number of aromatic amines is 1. The lowest BCUT2D eigenvalue weighted by molar-refractivity contribution is -0.116. The van der Waals surface area contributed by atoms with Crippen LogP contribution in [0.2, 0.25) is 0 Å². The second-order valence-corrected chi connectivity index (χ2v) is 5.91. The van der Waals surface area contributed by atoms with E-state index in [-0.39, 0.29) is 5.91 Å². The Hall–Kier alpha value is -3.54. The van der Waals surface area contributed by atoms with Gasteiger partial charge in [0.15, 0.2) is 5.58 Å². The van der Waals surface area contributed by atoms with E-state index in [9.17, 15) is 9.59 Å². The van der Waals surface area contributed by atoms with Gasteiger partial charge in [-0.05, 0) is 30.3 Å². The normalized spacial score (nSPS) is 10.9. The van der Waals surface area contributed by atoms with Gasteiger partial charge < -0.3 is 14.2 Å². The van der Waals surface area contributed by atoms with Crippen molar-refractivity contribution < 1.29 is 13.6 Å². The summed E-state index contributed by atoms with van der Waals surface area (Å²) in [5.74, 6) is 0.896. The van der Waals surface area contributed by atoms with E-state index in [1.165, 1.54) is 0 Å². The van der Waals surface area contributed by atoms with Crippen LogP contribution < -0.4 is 11.1 Å². The molecule has 0 aliphatic heterocycles. The first kappa shape index (κ1) is 16.0. The highest BCUT2D eigenvalue weighted by Crippen LogP contribution is 2.22. The molecule has 0 atom stereocenters. The molecule has 6 nitrogen and oxygen atoms in total. The van der Waals surface area contributed by atoms with Gasteiger partial charge in [-0.25, -0.2) is 4.79 Å². The molecule has 2 heterocycles. The van der Waals surface area contributed by atoms with Crippen LogP contribution in [-0.4, -0.2) is 10.9 Å². The lowest BCUT2D eigenvalue weighted by Crippen LogP contribution is -2.12. The summed E-state index contributed by atoms with van der Waals surface area (Å²) in [6.45, 7) is 0. The maximum Gasteiger partial charge on any atom is 0.417 e. The standard InChI is InChI=1S/C20H16N2O4/c23-19(21-14-6-9-18-16(12-14)22-20(24)26-18)11-8-15-7-10-17(25-15)13-4-2-1-3-5-13/h1-7,9-10,12H,8,11H2,(H,21,23)(H,22,24). The number of oxazole rings is 1. The Balaban J connectivity index is 1.37. The number of furan rings is 1. The SMILES string of the molecule is O=C(CCc1ccc(-c2ccccc2)o1)Nc1ccc2oc(=O)[nH]c2c1. The van der Waals surface area contributed by atoms with Gasteiger partial charge in [0.05, 0.1) is 5.52 Å². The molecule has 0 spiro atoms. The topological polar surface area (TPSA) is 88.2 Å². The summed E-state index contributed by atoms with van der Waals surface area (Å²) in [4.78, 5) is 25.9. The van der Waals surface area contributed by atoms with Crippen molar-refractivity contribution >= 4 is 22.7 Å². The van der Waals surface area contributed by atoms with Gasteiger partial charge in [0.1, 0.15) is 11.5 Å². The van der Waals surface area contributed by atoms with Gasteiger partial charge in [0, 0.05) is 24.1 Å². The highest BCUT2D eigenvalue weighted by Gasteiger charge is 2.09. The maximum absolute atomic E-state index is 12.2. The molecule has 0 saturated carbocycles. The van der Waals surface area contributed by atoms with E-state index in [0.29, 0.717) is 29.6 Å². The number of hydrogen-bond acceptors (Lipinski definition) is 4. The van der Waals surface area contributed by atoms with Crippen molar-refractivity contribution in [3.05, 3.63) is 77.0 Å². The fourth-order valence-electron chi connectivity index (χ4n) is 2.76. The zero-order valence-electron chi connectivity index (χ0n) is 13.8. The number of carbonyl (C=O) groups excluding carboxylic acids is 1. The van der Waals surface area contributed by atoms with Gasteiger partial charge in [-0.15, -0.1) is 0 Å². The molecule has 130 valence electrons. The molecule has 2 aromatic heterocycles. The van der Waals surface area contributed by atoms with E-state index in [4.69, 9.17) is 8.83 Å². The number of H-pyrrole nitrogens is 1. The summed E-state index contributed by atoms with van der Waals surface area (Å²) in [7, 11) is 0. The molecule has 0 radical (unpaired) electrons. The van der Waals surface area contributed by atoms with E-state index >= 15 is 0 Å². The molecule has 6 heteroatoms. The van der Waals surface area contributed by atoms with Crippen molar-refractivity contribution in [3.8, 4) is 11.3 Å². The van der Waals surface area contributed by atoms with E-state index in [0.717, 1.165) is 17.1 Å². The van der Waals surface area contributed by atoms with Crippen LogP contribution in [0.15, 0.2) is 74.3 Å². The lowest BCUT2D eigenvalue weighted by atomic mass is 10.2. The average Bonchev–Trinajstić information content (AvgIpc) is 3.26. The van der Waals surface area contributed by atoms with Crippen molar-refractivity contribution in [2.24, 2.45) is 0 Å². The third-order valence-corrected chi connectivity index (χ3v) is 4.02. The predicted molar refractivity (Wildman–Crippen MR) is 97.9 cm³/mol. The summed E-state index contributed by atoms with van der Waals surface area (Å²) < 4.78 is 10.7. The molecule has 4 rings (SSSR count). The number of carbonyl (C=O) groups is 1. The molecule has 0 aliphatic carbocycles. The summed E-state index contributed by atoms with van der Waals surface area (Å²) >= 11 is 0. The van der Waals surface area contributed by atoms with E-state index in [1.807, 2.05) is 42.5 Å². The van der Waals surface area contributed by atoms with Gasteiger partial charge in [0.25, 0.3) is 0 Å². The van der Waals surface area contributed by atoms with Crippen molar-refractivity contribution in [2.45, 2.75) is 12.8 Å². The monoisotopic (exact) mass is 348 g/mol. The summed E-state index contributed by atoms with van der Waals surface area (Å²) in [6, 6.07) is 18.6. The quantitative estimate of drug-likeness (QED) is 0.571. The second kappa shape index (κ2) is 6.76. The van der Waals surface area contributed by atoms with E-state index in [2.05, 4.69) is 10.3 Å². The Kier molecular flexibility index (Phi) is 4.15. The smallest absolute Gasteiger partial charge is 0.417 e. The fourth-order valence-corrected chi connectivity index (χ4v) is 2.76. The first-order valence-electron chi connectivity index (χ1n) is 8.24. The highest BCUT2D eigenvalue weighted by atomic mass is 16.4. The Labute approximate surface area is 148 Å². The maximum atomic E-state index is 12.2. The van der Waals surface area contributed by atoms with Crippen LogP contribution in [0.25, 0.3) is 22.4 Å². The molecule has 2 N–H and O–H groups in total. The Morgan fingerprint density at radius 2 is 1.85 bits per heavy atom. The largest absolute Gasteiger partial charge is 0.461 e. The molecular weight excluding hydrogens is 332 g/mol. The highest BCUT2D eigenvalue weighted by molar-refractivity contribution is 5.92. The first-order valence-corrected chi connectivity index (χ1v) is 8.24. The number of anilines is 1. The van der Waals surface area contributed by atoms with E-state index < -0.39 is 5.76 Å². The van der Waals surface area contributed by atoms with E-state index in [1.54, 1.807) is 18.2 Å². The van der Waals surface area contributed by atoms with Crippen LogP contribution in [-0.2, 0) is 11.2 Å². The Bertz CT molecular complexity index is 1110. The van der Waals surface area contributed by atoms with Crippen molar-refractivity contribution in [3.63, 3.8) is 0 Å². The number of benzene rings is 2. The van der Waals surface area contributed by atoms with Crippen molar-refractivity contribution in [1.82, 2.24) is 4.98 Å². The number of amides is 1. The van der Waals surface area contributed by atoms with Gasteiger partial charge >= 0.3 is 5.76 Å². The Morgan fingerprint density at radius 3 is 2.69 bits per heavy atom. The number of aromatic nitrogens is 1. The number of aryl methyl sites for hydroxylation is 1. The number of rotatable bonds is 5. The average molecular weight is 348 g/mol. The molecule has 0 saturated heterocycles. The van der Waals surface area contributed by atoms with Gasteiger partial charge in [-0.3, -0.25) is 9.78 Å². The van der Waals surface area contributed by atoms with Crippen molar-refractivity contribution in [1.29, 1.82) is 0 Å². The molecule has 2 aromatic carbocycles. The number of fused-ring (bicyclic) bond motifs is 1. The zero-order valence-corrected chi connectivity index (χ0v) is 13.8. The molecule has 0 aliphatic rings. The minimum atomic E-state index is -0.518. The van der Waals surface area contributed by atoms with Gasteiger partial charge in [0.2, 0.25) is 5.91 Å². The summed E-state index contributed by atoms with van der Waals surface area (Å²) in [5.41, 5.74) is 2.61. The minimum Gasteiger partial charge on any atom is -0.461 e. The van der Waals surface area contributed by atoms with Crippen LogP contribution in [0, 0.1) is 0 Å². The zero-order chi connectivity index (χ0) is 17.9. The summed E-state index contributed by atoms with van der Waals surface area (Å²) in [6.07, 6.45) is 0.797. The van der Waals surface area contributed by atoms with Crippen LogP contribution in [0.4, 0.5) is 5.69 Å². The molecular formula is C20H16N2O4. The molecule has 4 aromatic rings. The number of nitrogens with one attached hydrogen (secondary N) is 2. The first-order chi connectivity index (χ1) is 12.7. The van der Waals surface area contributed by atoms with Crippen LogP contribution in [0.5, 0.6) is 0 Å². The lowest BCUT2D eigenvalue weighted by Gasteiger charge is -2.04. The summed E-state index contributed by atoms with van der Waals surface area (Å²) in [5, 5.41) is 2.81. The number of hydrogen-bond donors (Lipinski definition) is 2. The van der Waals surface area contributed by atoms with Crippen molar-refractivity contribution in [2.75, 3.05) is 5.32 Å². The molecule has 1 amide bonds. The molecule has 0 unspecified atom stereocenters. The van der Waals surface area contributed by atoms with Crippen LogP contribution >= 0.6 is 0 Å². The molecule has 26 heavy (non-hydrogen) atoms. The molecule has 0 bridgehead atoms. The predicted octanol–water partition coefficient (Wildman–Crippen LogP) is 3.95. The molecule has 0 fully saturated rings. The third kappa shape index (κ3) is 3.44. The van der Waals surface area contributed by atoms with Crippen LogP contribution in [0.3, 0.4) is 0 Å².